The summed E-state index contributed by atoms with van der Waals surface area (Å²) in [5.74, 6) is 0. The number of pyridine rings is 1. The number of aromatic nitrogens is 2. The lowest BCUT2D eigenvalue weighted by Crippen LogP contribution is -2.60. The van der Waals surface area contributed by atoms with Crippen LogP contribution in [0.25, 0.3) is 38.8 Å². The van der Waals surface area contributed by atoms with E-state index in [-0.39, 0.29) is 5.54 Å². The van der Waals surface area contributed by atoms with E-state index in [0.29, 0.717) is 0 Å². The van der Waals surface area contributed by atoms with Gasteiger partial charge in [-0.3, -0.25) is 0 Å². The lowest BCUT2D eigenvalue weighted by molar-refractivity contribution is -0.758. The first kappa shape index (κ1) is 18.4. The second-order valence-corrected chi connectivity index (χ2v) is 8.78. The predicted octanol–water partition coefficient (Wildman–Crippen LogP) is 6.81. The van der Waals surface area contributed by atoms with Gasteiger partial charge in [-0.15, -0.1) is 0 Å². The minimum atomic E-state index is 0.165. The monoisotopic (exact) mass is 403 g/mol. The molecule has 152 valence electrons. The van der Waals surface area contributed by atoms with Crippen LogP contribution in [-0.4, -0.2) is 4.57 Å². The van der Waals surface area contributed by atoms with Crippen LogP contribution in [-0.2, 0) is 12.0 Å². The Hall–Kier alpha value is -3.39. The van der Waals surface area contributed by atoms with Crippen molar-refractivity contribution in [3.05, 3.63) is 96.7 Å². The minimum Gasteiger partial charge on any atom is -0.309 e. The van der Waals surface area contributed by atoms with E-state index in [9.17, 15) is 0 Å². The summed E-state index contributed by atoms with van der Waals surface area (Å²) in [6.07, 6.45) is 5.64. The molecule has 0 aliphatic carbocycles. The van der Waals surface area contributed by atoms with Crippen LogP contribution in [0.4, 0.5) is 0 Å². The summed E-state index contributed by atoms with van der Waals surface area (Å²) in [4.78, 5) is 0. The number of hydrogen-bond acceptors (Lipinski definition) is 0. The first-order valence-corrected chi connectivity index (χ1v) is 11.4. The van der Waals surface area contributed by atoms with Crippen LogP contribution in [0.1, 0.15) is 32.3 Å². The average molecular weight is 404 g/mol. The van der Waals surface area contributed by atoms with Crippen molar-refractivity contribution in [2.24, 2.45) is 0 Å². The Balaban J connectivity index is 1.63. The van der Waals surface area contributed by atoms with E-state index in [1.54, 1.807) is 0 Å². The fraction of sp³-hybridized carbons (Fsp3) is 0.207. The van der Waals surface area contributed by atoms with Gasteiger partial charge >= 0.3 is 0 Å². The van der Waals surface area contributed by atoms with Gasteiger partial charge in [0.25, 0.3) is 0 Å². The number of hydrogen-bond donors (Lipinski definition) is 0. The van der Waals surface area contributed by atoms with Gasteiger partial charge in [-0.05, 0) is 35.9 Å². The van der Waals surface area contributed by atoms with Crippen LogP contribution in [0.2, 0.25) is 0 Å². The lowest BCUT2D eigenvalue weighted by atomic mass is 9.79. The summed E-state index contributed by atoms with van der Waals surface area (Å²) in [5, 5.41) is 2.61. The molecule has 2 aromatic heterocycles. The minimum absolute atomic E-state index is 0.165. The standard InChI is InChI=1S/C29H27N2/c1-3-29(4-2)20-21-16-17-22(19-25(21)26-13-9-10-18-30(26)29)31-27-14-7-5-11-23(27)24-12-6-8-15-28(24)31/h5-19H,3-4,20H2,1-2H3/q+1. The van der Waals surface area contributed by atoms with Crippen molar-refractivity contribution in [3.63, 3.8) is 0 Å². The SMILES string of the molecule is CCC1(CC)Cc2ccc(-n3c4ccccc4c4ccccc43)cc2-c2cccc[n+]21. The second-order valence-electron chi connectivity index (χ2n) is 8.78. The smallest absolute Gasteiger partial charge is 0.213 e. The van der Waals surface area contributed by atoms with Crippen LogP contribution >= 0.6 is 0 Å². The molecule has 0 amide bonds. The molecule has 0 fully saturated rings. The summed E-state index contributed by atoms with van der Waals surface area (Å²) in [6.45, 7) is 4.65. The lowest BCUT2D eigenvalue weighted by Gasteiger charge is -2.33. The quantitative estimate of drug-likeness (QED) is 0.293. The van der Waals surface area contributed by atoms with Gasteiger partial charge in [0.05, 0.1) is 16.6 Å². The van der Waals surface area contributed by atoms with Crippen molar-refractivity contribution >= 4 is 21.8 Å². The maximum absolute atomic E-state index is 2.53. The first-order valence-electron chi connectivity index (χ1n) is 11.4. The molecule has 3 aromatic carbocycles. The normalized spacial score (nSPS) is 14.5. The van der Waals surface area contributed by atoms with Crippen LogP contribution in [0, 0.1) is 0 Å². The zero-order valence-electron chi connectivity index (χ0n) is 18.2. The summed E-state index contributed by atoms with van der Waals surface area (Å²) >= 11 is 0. The molecule has 2 nitrogen and oxygen atoms in total. The van der Waals surface area contributed by atoms with Gasteiger partial charge in [-0.1, -0.05) is 56.3 Å². The van der Waals surface area contributed by atoms with Crippen molar-refractivity contribution in [3.8, 4) is 16.9 Å². The van der Waals surface area contributed by atoms with Crippen molar-refractivity contribution in [1.82, 2.24) is 4.57 Å². The van der Waals surface area contributed by atoms with Crippen molar-refractivity contribution < 1.29 is 4.57 Å². The molecule has 0 radical (unpaired) electrons. The third-order valence-electron chi connectivity index (χ3n) is 7.41. The van der Waals surface area contributed by atoms with Gasteiger partial charge in [0.15, 0.2) is 11.7 Å². The topological polar surface area (TPSA) is 8.81 Å². The molecule has 5 aromatic rings. The van der Waals surface area contributed by atoms with Crippen LogP contribution in [0.3, 0.4) is 0 Å². The number of rotatable bonds is 3. The largest absolute Gasteiger partial charge is 0.309 e. The molecule has 2 heteroatoms. The van der Waals surface area contributed by atoms with E-state index < -0.39 is 0 Å². The number of para-hydroxylation sites is 2. The number of fused-ring (bicyclic) bond motifs is 6. The Morgan fingerprint density at radius 1 is 0.774 bits per heavy atom. The molecule has 0 saturated heterocycles. The van der Waals surface area contributed by atoms with Crippen molar-refractivity contribution in [2.75, 3.05) is 0 Å². The van der Waals surface area contributed by atoms with Crippen LogP contribution in [0.15, 0.2) is 91.1 Å². The fourth-order valence-corrected chi connectivity index (χ4v) is 5.65. The highest BCUT2D eigenvalue weighted by Crippen LogP contribution is 2.38. The summed E-state index contributed by atoms with van der Waals surface area (Å²) in [6, 6.07) is 31.2. The Kier molecular flexibility index (Phi) is 4.04. The van der Waals surface area contributed by atoms with Gasteiger partial charge in [0.1, 0.15) is 0 Å². The van der Waals surface area contributed by atoms with Gasteiger partial charge in [0, 0.05) is 47.9 Å². The highest BCUT2D eigenvalue weighted by atomic mass is 15.1. The van der Waals surface area contributed by atoms with Crippen LogP contribution in [0.5, 0.6) is 0 Å². The van der Waals surface area contributed by atoms with E-state index in [0.717, 1.165) is 19.3 Å². The molecule has 0 bridgehead atoms. The van der Waals surface area contributed by atoms with Gasteiger partial charge in [-0.25, -0.2) is 0 Å². The van der Waals surface area contributed by atoms with Crippen LogP contribution < -0.4 is 4.57 Å². The molecule has 3 heterocycles. The highest BCUT2D eigenvalue weighted by molar-refractivity contribution is 6.09. The first-order chi connectivity index (χ1) is 15.3. The summed E-state index contributed by atoms with van der Waals surface area (Å²) in [5.41, 5.74) is 8.06. The maximum Gasteiger partial charge on any atom is 0.213 e. The molecular formula is C29H27N2+. The molecule has 0 N–H and O–H groups in total. The van der Waals surface area contributed by atoms with E-state index in [1.165, 1.54) is 44.3 Å². The number of benzene rings is 3. The van der Waals surface area contributed by atoms with Crippen molar-refractivity contribution in [1.29, 1.82) is 0 Å². The molecule has 0 saturated carbocycles. The molecule has 31 heavy (non-hydrogen) atoms. The average Bonchev–Trinajstić information content (AvgIpc) is 3.18. The van der Waals surface area contributed by atoms with Gasteiger partial charge < -0.3 is 4.57 Å². The zero-order chi connectivity index (χ0) is 21.0. The third kappa shape index (κ3) is 2.54. The van der Waals surface area contributed by atoms with E-state index >= 15 is 0 Å². The van der Waals surface area contributed by atoms with Gasteiger partial charge in [-0.2, -0.15) is 4.57 Å². The predicted molar refractivity (Wildman–Crippen MR) is 129 cm³/mol. The Morgan fingerprint density at radius 2 is 1.42 bits per heavy atom. The molecule has 0 spiro atoms. The second kappa shape index (κ2) is 6.81. The molecular weight excluding hydrogens is 376 g/mol. The third-order valence-corrected chi connectivity index (χ3v) is 7.41. The molecule has 0 unspecified atom stereocenters. The van der Waals surface area contributed by atoms with E-state index in [1.807, 2.05) is 0 Å². The Morgan fingerprint density at radius 3 is 2.10 bits per heavy atom. The summed E-state index contributed by atoms with van der Waals surface area (Å²) < 4.78 is 4.95. The van der Waals surface area contributed by atoms with E-state index in [2.05, 4.69) is 114 Å². The zero-order valence-corrected chi connectivity index (χ0v) is 18.2. The van der Waals surface area contributed by atoms with E-state index in [4.69, 9.17) is 0 Å². The fourth-order valence-electron chi connectivity index (χ4n) is 5.65. The van der Waals surface area contributed by atoms with Crippen molar-refractivity contribution in [2.45, 2.75) is 38.6 Å². The Bertz CT molecular complexity index is 1380. The number of nitrogens with zero attached hydrogens (tertiary/aromatic N) is 2. The molecule has 1 aliphatic heterocycles. The molecule has 1 aliphatic rings. The Labute approximate surface area is 183 Å². The molecule has 6 rings (SSSR count). The van der Waals surface area contributed by atoms with Gasteiger partial charge in [0.2, 0.25) is 5.69 Å². The maximum atomic E-state index is 2.53. The summed E-state index contributed by atoms with van der Waals surface area (Å²) in [7, 11) is 0. The molecule has 0 atom stereocenters. The highest BCUT2D eigenvalue weighted by Gasteiger charge is 2.43.